The van der Waals surface area contributed by atoms with Crippen molar-refractivity contribution in [2.45, 2.75) is 19.4 Å². The minimum Gasteiger partial charge on any atom is -0.497 e. The summed E-state index contributed by atoms with van der Waals surface area (Å²) in [6, 6.07) is 17.5. The Morgan fingerprint density at radius 1 is 1.12 bits per heavy atom. The summed E-state index contributed by atoms with van der Waals surface area (Å²) in [7, 11) is 1.62. The Morgan fingerprint density at radius 3 is 2.54 bits per heavy atom. The van der Waals surface area contributed by atoms with Crippen LogP contribution in [0.1, 0.15) is 41.0 Å². The molecule has 3 aromatic rings. The van der Waals surface area contributed by atoms with Crippen LogP contribution in [0.4, 0.5) is 0 Å². The van der Waals surface area contributed by atoms with Crippen molar-refractivity contribution in [2.75, 3.05) is 7.11 Å². The lowest BCUT2D eigenvalue weighted by atomic mass is 9.91. The predicted molar refractivity (Wildman–Crippen MR) is 102 cm³/mol. The van der Waals surface area contributed by atoms with Gasteiger partial charge in [-0.25, -0.2) is 4.98 Å². The van der Waals surface area contributed by atoms with Crippen LogP contribution in [0.3, 0.4) is 0 Å². The molecule has 2 aromatic carbocycles. The Labute approximate surface area is 152 Å². The summed E-state index contributed by atoms with van der Waals surface area (Å²) < 4.78 is 7.29. The molecule has 130 valence electrons. The van der Waals surface area contributed by atoms with Gasteiger partial charge >= 0.3 is 0 Å². The summed E-state index contributed by atoms with van der Waals surface area (Å²) in [5.41, 5.74) is 5.31. The van der Waals surface area contributed by atoms with Gasteiger partial charge in [0, 0.05) is 12.0 Å². The van der Waals surface area contributed by atoms with Crippen molar-refractivity contribution in [3.8, 4) is 5.75 Å². The van der Waals surface area contributed by atoms with Crippen LogP contribution in [0.25, 0.3) is 11.1 Å². The first-order valence-corrected chi connectivity index (χ1v) is 8.64. The average Bonchev–Trinajstić information content (AvgIpc) is 3.26. The number of carbonyl (C=O) groups is 1. The third-order valence-electron chi connectivity index (χ3n) is 5.00. The fourth-order valence-electron chi connectivity index (χ4n) is 3.67. The molecular formula is C22H20N2O2. The molecule has 0 N–H and O–H groups in total. The van der Waals surface area contributed by atoms with Crippen molar-refractivity contribution < 1.29 is 9.53 Å². The zero-order chi connectivity index (χ0) is 18.1. The molecule has 4 heteroatoms. The van der Waals surface area contributed by atoms with Crippen LogP contribution in [-0.4, -0.2) is 22.4 Å². The van der Waals surface area contributed by atoms with Gasteiger partial charge in [-0.1, -0.05) is 30.3 Å². The number of ether oxygens (including phenoxy) is 1. The van der Waals surface area contributed by atoms with Crippen LogP contribution in [0, 0.1) is 0 Å². The van der Waals surface area contributed by atoms with Gasteiger partial charge in [-0.05, 0) is 47.9 Å². The topological polar surface area (TPSA) is 44.1 Å². The van der Waals surface area contributed by atoms with Gasteiger partial charge in [0.1, 0.15) is 5.75 Å². The fourth-order valence-corrected chi connectivity index (χ4v) is 3.67. The lowest BCUT2D eigenvalue weighted by Crippen LogP contribution is -2.13. The summed E-state index contributed by atoms with van der Waals surface area (Å²) in [5, 5.41) is 0. The number of carbonyl (C=O) groups excluding carboxylic acids is 1. The number of nitrogens with zero attached hydrogens (tertiary/aromatic N) is 2. The summed E-state index contributed by atoms with van der Waals surface area (Å²) in [4.78, 5) is 17.2. The van der Waals surface area contributed by atoms with Crippen LogP contribution in [0.2, 0.25) is 0 Å². The zero-order valence-corrected chi connectivity index (χ0v) is 14.8. The average molecular weight is 344 g/mol. The second kappa shape index (κ2) is 6.64. The van der Waals surface area contributed by atoms with E-state index in [9.17, 15) is 4.79 Å². The summed E-state index contributed by atoms with van der Waals surface area (Å²) in [6.07, 6.45) is 4.09. The molecule has 0 aliphatic carbocycles. The van der Waals surface area contributed by atoms with Crippen LogP contribution in [-0.2, 0) is 0 Å². The molecule has 4 rings (SSSR count). The number of methoxy groups -OCH3 is 1. The first-order valence-electron chi connectivity index (χ1n) is 8.64. The Morgan fingerprint density at radius 2 is 1.85 bits per heavy atom. The zero-order valence-electron chi connectivity index (χ0n) is 14.8. The first-order chi connectivity index (χ1) is 12.7. The van der Waals surface area contributed by atoms with Crippen LogP contribution in [0.15, 0.2) is 67.1 Å². The van der Waals surface area contributed by atoms with Crippen molar-refractivity contribution in [3.63, 3.8) is 0 Å². The Bertz CT molecular complexity index is 969. The van der Waals surface area contributed by atoms with Gasteiger partial charge in [0.15, 0.2) is 5.78 Å². The number of hydrogen-bond donors (Lipinski definition) is 0. The highest BCUT2D eigenvalue weighted by Crippen LogP contribution is 2.44. The third kappa shape index (κ3) is 2.73. The fraction of sp³-hybridized carbons (Fsp3) is 0.182. The van der Waals surface area contributed by atoms with E-state index in [2.05, 4.69) is 28.6 Å². The molecule has 0 amide bonds. The third-order valence-corrected chi connectivity index (χ3v) is 5.00. The van der Waals surface area contributed by atoms with E-state index < -0.39 is 0 Å². The monoisotopic (exact) mass is 344 g/mol. The van der Waals surface area contributed by atoms with Crippen molar-refractivity contribution in [1.29, 1.82) is 0 Å². The Balaban J connectivity index is 1.68. The maximum Gasteiger partial charge on any atom is 0.165 e. The smallest absolute Gasteiger partial charge is 0.165 e. The number of aromatic nitrogens is 2. The largest absolute Gasteiger partial charge is 0.497 e. The van der Waals surface area contributed by atoms with Gasteiger partial charge in [-0.3, -0.25) is 4.79 Å². The second-order valence-corrected chi connectivity index (χ2v) is 6.46. The van der Waals surface area contributed by atoms with E-state index in [1.165, 1.54) is 11.1 Å². The SMILES string of the molecule is COc1ccc(C(=O)CC2C(c3ccccc3)=C(C)c3cncn32)cc1. The Hall–Kier alpha value is -3.14. The maximum absolute atomic E-state index is 12.9. The number of benzene rings is 2. The van der Waals surface area contributed by atoms with Crippen molar-refractivity contribution in [3.05, 3.63) is 83.9 Å². The van der Waals surface area contributed by atoms with Crippen LogP contribution < -0.4 is 4.74 Å². The normalized spacial score (nSPS) is 15.8. The quantitative estimate of drug-likeness (QED) is 0.633. The number of allylic oxidation sites excluding steroid dienone is 2. The molecule has 26 heavy (non-hydrogen) atoms. The van der Waals surface area contributed by atoms with Gasteiger partial charge in [-0.15, -0.1) is 0 Å². The van der Waals surface area contributed by atoms with Crippen molar-refractivity contribution >= 4 is 16.9 Å². The summed E-state index contributed by atoms with van der Waals surface area (Å²) >= 11 is 0. The number of fused-ring (bicyclic) bond motifs is 1. The molecule has 4 nitrogen and oxygen atoms in total. The van der Waals surface area contributed by atoms with Crippen molar-refractivity contribution in [1.82, 2.24) is 9.55 Å². The van der Waals surface area contributed by atoms with Crippen molar-refractivity contribution in [2.24, 2.45) is 0 Å². The molecule has 0 radical (unpaired) electrons. The minimum absolute atomic E-state index is 0.0375. The molecule has 0 saturated carbocycles. The van der Waals surface area contributed by atoms with E-state index in [4.69, 9.17) is 4.74 Å². The molecule has 1 aromatic heterocycles. The second-order valence-electron chi connectivity index (χ2n) is 6.46. The first kappa shape index (κ1) is 16.3. The molecular weight excluding hydrogens is 324 g/mol. The molecule has 1 unspecified atom stereocenters. The highest BCUT2D eigenvalue weighted by molar-refractivity contribution is 6.01. The number of Topliss-reactive ketones (excluding diaryl/α,β-unsaturated/α-hetero) is 1. The number of ketones is 1. The lowest BCUT2D eigenvalue weighted by molar-refractivity contribution is 0.0972. The van der Waals surface area contributed by atoms with Gasteiger partial charge in [0.2, 0.25) is 0 Å². The lowest BCUT2D eigenvalue weighted by Gasteiger charge is -2.18. The summed E-state index contributed by atoms with van der Waals surface area (Å²) in [5.74, 6) is 0.862. The van der Waals surface area contributed by atoms with E-state index in [1.54, 1.807) is 7.11 Å². The summed E-state index contributed by atoms with van der Waals surface area (Å²) in [6.45, 7) is 2.10. The number of rotatable bonds is 5. The minimum atomic E-state index is -0.0375. The molecule has 1 aliphatic rings. The van der Waals surface area contributed by atoms with Gasteiger partial charge in [0.05, 0.1) is 31.4 Å². The van der Waals surface area contributed by atoms with E-state index in [0.717, 1.165) is 17.0 Å². The Kier molecular flexibility index (Phi) is 4.17. The van der Waals surface area contributed by atoms with E-state index in [1.807, 2.05) is 55.0 Å². The molecule has 2 heterocycles. The van der Waals surface area contributed by atoms with E-state index in [-0.39, 0.29) is 11.8 Å². The van der Waals surface area contributed by atoms with E-state index in [0.29, 0.717) is 12.0 Å². The predicted octanol–water partition coefficient (Wildman–Crippen LogP) is 4.65. The van der Waals surface area contributed by atoms with Crippen LogP contribution >= 0.6 is 0 Å². The number of hydrogen-bond acceptors (Lipinski definition) is 3. The molecule has 0 bridgehead atoms. The standard InChI is InChI=1S/C22H20N2O2/c1-15-20-13-23-14-24(20)19(22(15)17-6-4-3-5-7-17)12-21(25)16-8-10-18(26-2)11-9-16/h3-11,13-14,19H,12H2,1-2H3. The highest BCUT2D eigenvalue weighted by atomic mass is 16.5. The molecule has 1 aliphatic heterocycles. The maximum atomic E-state index is 12.9. The van der Waals surface area contributed by atoms with Crippen LogP contribution in [0.5, 0.6) is 5.75 Å². The van der Waals surface area contributed by atoms with Gasteiger partial charge in [0.25, 0.3) is 0 Å². The molecule has 0 saturated heterocycles. The molecule has 0 spiro atoms. The van der Waals surface area contributed by atoms with Gasteiger partial charge < -0.3 is 9.30 Å². The highest BCUT2D eigenvalue weighted by Gasteiger charge is 2.31. The van der Waals surface area contributed by atoms with Gasteiger partial charge in [-0.2, -0.15) is 0 Å². The number of imidazole rings is 1. The molecule has 1 atom stereocenters. The van der Waals surface area contributed by atoms with E-state index >= 15 is 0 Å². The molecule has 0 fully saturated rings.